The monoisotopic (exact) mass is 758 g/mol. The Kier molecular flexibility index (Phi) is 7.18. The van der Waals surface area contributed by atoms with E-state index in [1.165, 1.54) is 37.4 Å². The highest BCUT2D eigenvalue weighted by molar-refractivity contribution is 7.20. The van der Waals surface area contributed by atoms with Crippen LogP contribution in [0.4, 0.5) is 0 Å². The van der Waals surface area contributed by atoms with Gasteiger partial charge in [-0.25, -0.2) is 9.97 Å². The molecule has 58 heavy (non-hydrogen) atoms. The van der Waals surface area contributed by atoms with E-state index in [-0.39, 0.29) is 0 Å². The summed E-state index contributed by atoms with van der Waals surface area (Å²) in [6.45, 7) is 0. The maximum atomic E-state index is 6.80. The van der Waals surface area contributed by atoms with Gasteiger partial charge in [0, 0.05) is 50.4 Å². The van der Waals surface area contributed by atoms with Gasteiger partial charge in [0.25, 0.3) is 0 Å². The van der Waals surface area contributed by atoms with Crippen molar-refractivity contribution in [3.8, 4) is 11.6 Å². The average Bonchev–Trinajstić information content (AvgIpc) is 3.96. The second-order valence-corrected chi connectivity index (χ2v) is 18.7. The molecule has 0 aliphatic carbocycles. The number of hydrogen-bond donors (Lipinski definition) is 0. The topological polar surface area (TPSA) is 48.8 Å². The number of nitrogens with zero attached hydrogens (tertiary/aromatic N) is 4. The standard InChI is InChI=1S/C52H34N4OSi/c1-3-16-36(17-4-1)58(37-18-5-2-6-19-37,50-29-15-24-43-42-23-10-14-28-49(42)57-51(43)50)38-33-53-52(54-34-38)56-47-27-13-9-22-41(47)44-32-35(30-31-48(44)56)55-45-25-11-7-20-39(45)40-21-8-12-26-46(40)55/h1-34H. The number of rotatable bonds is 6. The van der Waals surface area contributed by atoms with Crippen molar-refractivity contribution >= 4 is 94.4 Å². The second-order valence-electron chi connectivity index (χ2n) is 15.0. The number of aromatic nitrogens is 4. The van der Waals surface area contributed by atoms with E-state index in [0.29, 0.717) is 5.95 Å². The Balaban J connectivity index is 1.08. The third kappa shape index (κ3) is 4.63. The molecule has 4 heterocycles. The number of fused-ring (bicyclic) bond motifs is 9. The molecule has 0 unspecified atom stereocenters. The fourth-order valence-corrected chi connectivity index (χ4v) is 14.2. The largest absolute Gasteiger partial charge is 0.456 e. The zero-order chi connectivity index (χ0) is 38.2. The molecule has 12 aromatic rings. The summed E-state index contributed by atoms with van der Waals surface area (Å²) < 4.78 is 11.4. The van der Waals surface area contributed by atoms with E-state index in [4.69, 9.17) is 14.4 Å². The number of hydrogen-bond acceptors (Lipinski definition) is 3. The average molecular weight is 759 g/mol. The molecule has 8 aromatic carbocycles. The SMILES string of the molecule is c1ccc([Si](c2ccccc2)(c2cnc(-n3c4ccccc4c4cc(-n5c6ccccc6c6ccccc65)ccc43)nc2)c2cccc3c2oc2ccccc23)cc1. The normalized spacial score (nSPS) is 12.1. The summed E-state index contributed by atoms with van der Waals surface area (Å²) in [6.07, 6.45) is 4.15. The van der Waals surface area contributed by atoms with Crippen molar-refractivity contribution in [3.63, 3.8) is 0 Å². The molecule has 6 heteroatoms. The molecule has 0 fully saturated rings. The summed E-state index contributed by atoms with van der Waals surface area (Å²) in [6, 6.07) is 69.4. The van der Waals surface area contributed by atoms with Gasteiger partial charge in [-0.15, -0.1) is 0 Å². The summed E-state index contributed by atoms with van der Waals surface area (Å²) in [4.78, 5) is 10.6. The zero-order valence-electron chi connectivity index (χ0n) is 31.3. The molecular formula is C52H34N4OSi. The van der Waals surface area contributed by atoms with Gasteiger partial charge in [0.05, 0.1) is 22.1 Å². The Labute approximate surface area is 334 Å². The van der Waals surface area contributed by atoms with E-state index < -0.39 is 8.07 Å². The molecular weight excluding hydrogens is 725 g/mol. The quantitative estimate of drug-likeness (QED) is 0.125. The van der Waals surface area contributed by atoms with Gasteiger partial charge < -0.3 is 8.98 Å². The van der Waals surface area contributed by atoms with Crippen LogP contribution in [-0.2, 0) is 0 Å². The van der Waals surface area contributed by atoms with E-state index in [9.17, 15) is 0 Å². The van der Waals surface area contributed by atoms with Crippen molar-refractivity contribution in [1.82, 2.24) is 19.1 Å². The molecule has 0 saturated heterocycles. The minimum Gasteiger partial charge on any atom is -0.456 e. The first kappa shape index (κ1) is 32.7. The highest BCUT2D eigenvalue weighted by Gasteiger charge is 2.44. The number of benzene rings is 8. The fraction of sp³-hybridized carbons (Fsp3) is 0. The molecule has 12 rings (SSSR count). The summed E-state index contributed by atoms with van der Waals surface area (Å²) in [7, 11) is -3.06. The lowest BCUT2D eigenvalue weighted by molar-refractivity contribution is 0.671. The fourth-order valence-electron chi connectivity index (χ4n) is 9.53. The van der Waals surface area contributed by atoms with Crippen LogP contribution in [0.5, 0.6) is 0 Å². The Hall–Kier alpha value is -7.54. The molecule has 0 radical (unpaired) electrons. The minimum atomic E-state index is -3.06. The molecule has 0 spiro atoms. The summed E-state index contributed by atoms with van der Waals surface area (Å²) >= 11 is 0. The number of furan rings is 1. The van der Waals surface area contributed by atoms with Gasteiger partial charge in [-0.2, -0.15) is 0 Å². The van der Waals surface area contributed by atoms with Crippen molar-refractivity contribution in [3.05, 3.63) is 207 Å². The van der Waals surface area contributed by atoms with Gasteiger partial charge in [0.2, 0.25) is 5.95 Å². The van der Waals surface area contributed by atoms with Gasteiger partial charge in [0.1, 0.15) is 11.2 Å². The summed E-state index contributed by atoms with van der Waals surface area (Å²) in [5.41, 5.74) is 7.40. The van der Waals surface area contributed by atoms with Gasteiger partial charge in [-0.05, 0) is 63.2 Å². The zero-order valence-corrected chi connectivity index (χ0v) is 32.3. The Morgan fingerprint density at radius 1 is 0.379 bits per heavy atom. The van der Waals surface area contributed by atoms with Gasteiger partial charge >= 0.3 is 0 Å². The first-order valence-corrected chi connectivity index (χ1v) is 21.7. The highest BCUT2D eigenvalue weighted by Crippen LogP contribution is 2.36. The Bertz CT molecular complexity index is 3420. The first-order chi connectivity index (χ1) is 28.8. The lowest BCUT2D eigenvalue weighted by Crippen LogP contribution is -2.75. The Morgan fingerprint density at radius 2 is 0.879 bits per heavy atom. The van der Waals surface area contributed by atoms with Gasteiger partial charge in [-0.1, -0.05) is 152 Å². The van der Waals surface area contributed by atoms with Crippen molar-refractivity contribution in [2.75, 3.05) is 0 Å². The Morgan fingerprint density at radius 3 is 1.52 bits per heavy atom. The van der Waals surface area contributed by atoms with Crippen LogP contribution in [0.15, 0.2) is 211 Å². The van der Waals surface area contributed by atoms with Crippen LogP contribution in [0.3, 0.4) is 0 Å². The molecule has 0 bridgehead atoms. The van der Waals surface area contributed by atoms with Gasteiger partial charge in [-0.3, -0.25) is 4.57 Å². The predicted molar refractivity (Wildman–Crippen MR) is 242 cm³/mol. The minimum absolute atomic E-state index is 0.630. The van der Waals surface area contributed by atoms with Crippen LogP contribution in [0.1, 0.15) is 0 Å². The lowest BCUT2D eigenvalue weighted by atomic mass is 10.1. The maximum Gasteiger partial charge on any atom is 0.234 e. The van der Waals surface area contributed by atoms with Crippen molar-refractivity contribution < 1.29 is 4.42 Å². The highest BCUT2D eigenvalue weighted by atomic mass is 28.3. The molecule has 0 atom stereocenters. The van der Waals surface area contributed by atoms with Crippen LogP contribution >= 0.6 is 0 Å². The van der Waals surface area contributed by atoms with E-state index in [1.807, 2.05) is 6.07 Å². The van der Waals surface area contributed by atoms with E-state index >= 15 is 0 Å². The van der Waals surface area contributed by atoms with Crippen LogP contribution in [-0.4, -0.2) is 27.2 Å². The van der Waals surface area contributed by atoms with Crippen molar-refractivity contribution in [1.29, 1.82) is 0 Å². The maximum absolute atomic E-state index is 6.80. The van der Waals surface area contributed by atoms with Crippen molar-refractivity contribution in [2.24, 2.45) is 0 Å². The predicted octanol–water partition coefficient (Wildman–Crippen LogP) is 9.95. The van der Waals surface area contributed by atoms with Gasteiger partial charge in [0.15, 0.2) is 8.07 Å². The molecule has 5 nitrogen and oxygen atoms in total. The molecule has 0 aliphatic rings. The molecule has 272 valence electrons. The molecule has 0 amide bonds. The van der Waals surface area contributed by atoms with Crippen LogP contribution in [0, 0.1) is 0 Å². The van der Waals surface area contributed by atoms with Crippen LogP contribution in [0.2, 0.25) is 0 Å². The molecule has 0 aliphatic heterocycles. The number of para-hydroxylation sites is 5. The van der Waals surface area contributed by atoms with E-state index in [1.54, 1.807) is 0 Å². The molecule has 4 aromatic heterocycles. The van der Waals surface area contributed by atoms with Crippen LogP contribution in [0.25, 0.3) is 77.2 Å². The summed E-state index contributed by atoms with van der Waals surface area (Å²) in [5, 5.41) is 11.7. The van der Waals surface area contributed by atoms with E-state index in [0.717, 1.165) is 54.6 Å². The summed E-state index contributed by atoms with van der Waals surface area (Å²) in [5.74, 6) is 0.630. The van der Waals surface area contributed by atoms with E-state index in [2.05, 4.69) is 210 Å². The smallest absolute Gasteiger partial charge is 0.234 e. The second kappa shape index (κ2) is 12.7. The third-order valence-corrected chi connectivity index (χ3v) is 16.7. The molecule has 0 N–H and O–H groups in total. The molecule has 0 saturated carbocycles. The van der Waals surface area contributed by atoms with Crippen molar-refractivity contribution in [2.45, 2.75) is 0 Å². The van der Waals surface area contributed by atoms with Crippen LogP contribution < -0.4 is 20.7 Å². The third-order valence-electron chi connectivity index (χ3n) is 12.0. The lowest BCUT2D eigenvalue weighted by Gasteiger charge is -2.33. The first-order valence-electron chi connectivity index (χ1n) is 19.7.